The van der Waals surface area contributed by atoms with Crippen LogP contribution in [0.2, 0.25) is 0 Å². The molecule has 0 saturated carbocycles. The maximum atomic E-state index is 12.8. The highest BCUT2D eigenvalue weighted by molar-refractivity contribution is 7.20. The Morgan fingerprint density at radius 2 is 1.92 bits per heavy atom. The molecule has 194 valence electrons. The Hall–Kier alpha value is -3.37. The third-order valence-electron chi connectivity index (χ3n) is 7.00. The standard InChI is InChI=1S/C29H30N6OS2/c1-30-15-17-34(2)16-13-23-21-11-12-25-22(14-18-37-25)27(21)35(33-23)20-9-7-19(8-10-20)31-28(36)29-32-24-5-3-4-6-26(24)38-29/h3-10,14,18,30H,11-13,15-17H2,1-2H3,(H,31,36). The summed E-state index contributed by atoms with van der Waals surface area (Å²) in [5, 5.41) is 14.0. The Morgan fingerprint density at radius 1 is 1.08 bits per heavy atom. The van der Waals surface area contributed by atoms with E-state index in [4.69, 9.17) is 5.10 Å². The molecule has 7 nitrogen and oxygen atoms in total. The van der Waals surface area contributed by atoms with Crippen LogP contribution in [-0.2, 0) is 19.3 Å². The molecule has 5 aromatic rings. The number of carbonyl (C=O) groups is 1. The number of aromatic nitrogens is 3. The zero-order valence-corrected chi connectivity index (χ0v) is 23.2. The van der Waals surface area contributed by atoms with Gasteiger partial charge in [-0.15, -0.1) is 22.7 Å². The van der Waals surface area contributed by atoms with Crippen LogP contribution in [-0.4, -0.2) is 59.3 Å². The molecular weight excluding hydrogens is 512 g/mol. The van der Waals surface area contributed by atoms with Crippen LogP contribution < -0.4 is 10.6 Å². The number of carbonyl (C=O) groups excluding carboxylic acids is 1. The smallest absolute Gasteiger partial charge is 0.284 e. The van der Waals surface area contributed by atoms with Gasteiger partial charge < -0.3 is 15.5 Å². The Labute approximate surface area is 230 Å². The first kappa shape index (κ1) is 24.9. The van der Waals surface area contributed by atoms with Gasteiger partial charge in [-0.2, -0.15) is 5.10 Å². The molecule has 0 bridgehead atoms. The zero-order chi connectivity index (χ0) is 26.1. The predicted octanol–water partition coefficient (Wildman–Crippen LogP) is 5.26. The minimum Gasteiger partial charge on any atom is -0.320 e. The summed E-state index contributed by atoms with van der Waals surface area (Å²) in [7, 11) is 4.15. The van der Waals surface area contributed by atoms with E-state index in [9.17, 15) is 4.79 Å². The topological polar surface area (TPSA) is 75.1 Å². The molecule has 0 atom stereocenters. The van der Waals surface area contributed by atoms with Crippen molar-refractivity contribution in [3.05, 3.63) is 81.1 Å². The maximum Gasteiger partial charge on any atom is 0.284 e. The number of benzene rings is 2. The molecule has 3 heterocycles. The van der Waals surface area contributed by atoms with Crippen LogP contribution in [0.25, 0.3) is 27.2 Å². The van der Waals surface area contributed by atoms with Crippen molar-refractivity contribution < 1.29 is 4.79 Å². The number of fused-ring (bicyclic) bond motifs is 4. The number of aryl methyl sites for hydroxylation is 1. The average molecular weight is 543 g/mol. The molecule has 0 unspecified atom stereocenters. The number of thiophene rings is 1. The lowest BCUT2D eigenvalue weighted by atomic mass is 9.94. The van der Waals surface area contributed by atoms with Crippen molar-refractivity contribution in [1.82, 2.24) is 25.0 Å². The summed E-state index contributed by atoms with van der Waals surface area (Å²) in [5.74, 6) is -0.192. The van der Waals surface area contributed by atoms with Crippen molar-refractivity contribution >= 4 is 44.5 Å². The second-order valence-corrected chi connectivity index (χ2v) is 11.6. The Morgan fingerprint density at radius 3 is 2.74 bits per heavy atom. The number of thiazole rings is 1. The molecule has 0 radical (unpaired) electrons. The van der Waals surface area contributed by atoms with Gasteiger partial charge >= 0.3 is 0 Å². The number of anilines is 1. The fraction of sp³-hybridized carbons (Fsp3) is 0.276. The third kappa shape index (κ3) is 4.90. The number of nitrogens with one attached hydrogen (secondary N) is 2. The molecule has 38 heavy (non-hydrogen) atoms. The number of nitrogens with zero attached hydrogens (tertiary/aromatic N) is 4. The summed E-state index contributed by atoms with van der Waals surface area (Å²) in [4.78, 5) is 21.1. The van der Waals surface area contributed by atoms with Gasteiger partial charge in [0.15, 0.2) is 5.01 Å². The van der Waals surface area contributed by atoms with Crippen LogP contribution in [0.1, 0.15) is 25.9 Å². The summed E-state index contributed by atoms with van der Waals surface area (Å²) >= 11 is 3.23. The van der Waals surface area contributed by atoms with Crippen LogP contribution in [0.5, 0.6) is 0 Å². The summed E-state index contributed by atoms with van der Waals surface area (Å²) in [6.07, 6.45) is 3.02. The minimum absolute atomic E-state index is 0.192. The van der Waals surface area contributed by atoms with Gasteiger partial charge in [-0.3, -0.25) is 4.79 Å². The Balaban J connectivity index is 1.25. The molecule has 1 aliphatic rings. The van der Waals surface area contributed by atoms with Gasteiger partial charge in [0.2, 0.25) is 0 Å². The molecule has 6 rings (SSSR count). The lowest BCUT2D eigenvalue weighted by molar-refractivity contribution is 0.102. The molecule has 0 fully saturated rings. The lowest BCUT2D eigenvalue weighted by Gasteiger charge is -2.17. The van der Waals surface area contributed by atoms with E-state index in [2.05, 4.69) is 43.7 Å². The lowest BCUT2D eigenvalue weighted by Crippen LogP contribution is -2.29. The number of amides is 1. The second-order valence-electron chi connectivity index (χ2n) is 9.59. The van der Waals surface area contributed by atoms with Crippen molar-refractivity contribution in [2.45, 2.75) is 19.3 Å². The highest BCUT2D eigenvalue weighted by Gasteiger charge is 2.26. The normalized spacial score (nSPS) is 12.6. The first-order chi connectivity index (χ1) is 18.6. The molecule has 1 aliphatic carbocycles. The number of likely N-dealkylation sites (N-methyl/N-ethyl adjacent to an activating group) is 2. The zero-order valence-electron chi connectivity index (χ0n) is 21.5. The molecule has 0 saturated heterocycles. The van der Waals surface area contributed by atoms with E-state index in [1.165, 1.54) is 38.7 Å². The Kier molecular flexibility index (Phi) is 7.08. The maximum absolute atomic E-state index is 12.8. The van der Waals surface area contributed by atoms with E-state index in [1.807, 2.05) is 66.9 Å². The highest BCUT2D eigenvalue weighted by atomic mass is 32.1. The van der Waals surface area contributed by atoms with Crippen LogP contribution in [0.4, 0.5) is 5.69 Å². The Bertz CT molecular complexity index is 1550. The molecule has 1 amide bonds. The third-order valence-corrected chi connectivity index (χ3v) is 9.02. The number of hydrogen-bond donors (Lipinski definition) is 2. The van der Waals surface area contributed by atoms with Crippen LogP contribution in [0.3, 0.4) is 0 Å². The van der Waals surface area contributed by atoms with E-state index < -0.39 is 0 Å². The van der Waals surface area contributed by atoms with Crippen molar-refractivity contribution in [1.29, 1.82) is 0 Å². The summed E-state index contributed by atoms with van der Waals surface area (Å²) in [6, 6.07) is 18.0. The molecule has 2 N–H and O–H groups in total. The van der Waals surface area contributed by atoms with Crippen LogP contribution >= 0.6 is 22.7 Å². The van der Waals surface area contributed by atoms with Gasteiger partial charge in [-0.25, -0.2) is 9.67 Å². The van der Waals surface area contributed by atoms with E-state index in [0.29, 0.717) is 5.01 Å². The van der Waals surface area contributed by atoms with Crippen LogP contribution in [0, 0.1) is 0 Å². The van der Waals surface area contributed by atoms with E-state index in [0.717, 1.165) is 60.5 Å². The summed E-state index contributed by atoms with van der Waals surface area (Å²) in [6.45, 7) is 2.96. The van der Waals surface area contributed by atoms with Gasteiger partial charge in [-0.1, -0.05) is 12.1 Å². The molecule has 9 heteroatoms. The van der Waals surface area contributed by atoms with Gasteiger partial charge in [0.25, 0.3) is 5.91 Å². The van der Waals surface area contributed by atoms with Gasteiger partial charge in [0, 0.05) is 47.7 Å². The average Bonchev–Trinajstić information content (AvgIpc) is 3.67. The molecule has 0 spiro atoms. The fourth-order valence-corrected chi connectivity index (χ4v) is 6.70. The molecule has 3 aromatic heterocycles. The number of hydrogen-bond acceptors (Lipinski definition) is 7. The number of rotatable bonds is 9. The first-order valence-corrected chi connectivity index (χ1v) is 14.6. The quantitative estimate of drug-likeness (QED) is 0.266. The first-order valence-electron chi connectivity index (χ1n) is 12.9. The second kappa shape index (κ2) is 10.8. The van der Waals surface area contributed by atoms with Crippen molar-refractivity contribution in [2.75, 3.05) is 39.0 Å². The monoisotopic (exact) mass is 542 g/mol. The van der Waals surface area contributed by atoms with Gasteiger partial charge in [0.1, 0.15) is 0 Å². The van der Waals surface area contributed by atoms with E-state index in [-0.39, 0.29) is 5.91 Å². The summed E-state index contributed by atoms with van der Waals surface area (Å²) < 4.78 is 3.11. The summed E-state index contributed by atoms with van der Waals surface area (Å²) in [5.41, 5.74) is 7.64. The van der Waals surface area contributed by atoms with Gasteiger partial charge in [-0.05, 0) is 74.8 Å². The van der Waals surface area contributed by atoms with Crippen molar-refractivity contribution in [2.24, 2.45) is 0 Å². The van der Waals surface area contributed by atoms with Crippen LogP contribution in [0.15, 0.2) is 60.0 Å². The fourth-order valence-electron chi connectivity index (χ4n) is 4.96. The van der Waals surface area contributed by atoms with Crippen molar-refractivity contribution in [3.8, 4) is 16.9 Å². The molecule has 2 aromatic carbocycles. The van der Waals surface area contributed by atoms with E-state index >= 15 is 0 Å². The van der Waals surface area contributed by atoms with Crippen molar-refractivity contribution in [3.63, 3.8) is 0 Å². The SMILES string of the molecule is CNCCN(C)CCc1nn(-c2ccc(NC(=O)c3nc4ccccc4s3)cc2)c2c1CCc1sccc1-2. The largest absolute Gasteiger partial charge is 0.320 e. The predicted molar refractivity (Wildman–Crippen MR) is 157 cm³/mol. The highest BCUT2D eigenvalue weighted by Crippen LogP contribution is 2.39. The minimum atomic E-state index is -0.192. The molecule has 0 aliphatic heterocycles. The molecular formula is C29H30N6OS2. The van der Waals surface area contributed by atoms with E-state index in [1.54, 1.807) is 0 Å². The number of para-hydroxylation sites is 1. The van der Waals surface area contributed by atoms with Gasteiger partial charge in [0.05, 0.1) is 27.3 Å².